The Balaban J connectivity index is 0.000000178. The summed E-state index contributed by atoms with van der Waals surface area (Å²) in [4.78, 5) is 43.7. The summed E-state index contributed by atoms with van der Waals surface area (Å²) in [6, 6.07) is 21.6. The van der Waals surface area contributed by atoms with Gasteiger partial charge >= 0.3 is 0 Å². The molecular formula is C51H48Br2ClF2N5O4. The topological polar surface area (TPSA) is 115 Å². The van der Waals surface area contributed by atoms with E-state index in [1.807, 2.05) is 55.2 Å². The summed E-state index contributed by atoms with van der Waals surface area (Å²) in [7, 11) is 0. The number of fused-ring (bicyclic) bond motifs is 2. The smallest absolute Gasteiger partial charge is 0.197 e. The predicted molar refractivity (Wildman–Crippen MR) is 260 cm³/mol. The van der Waals surface area contributed by atoms with Crippen LogP contribution in [0, 0.1) is 25.5 Å². The molecule has 65 heavy (non-hydrogen) atoms. The molecule has 0 spiro atoms. The molecule has 8 aromatic rings. The van der Waals surface area contributed by atoms with Crippen LogP contribution >= 0.6 is 43.5 Å². The van der Waals surface area contributed by atoms with E-state index in [1.54, 1.807) is 32.4 Å². The van der Waals surface area contributed by atoms with Crippen LogP contribution in [0.15, 0.2) is 150 Å². The van der Waals surface area contributed by atoms with Crippen LogP contribution in [0.3, 0.4) is 0 Å². The first-order valence-corrected chi connectivity index (χ1v) is 23.3. The first kappa shape index (κ1) is 49.0. The minimum atomic E-state index is -0.496. The molecule has 9 nitrogen and oxygen atoms in total. The number of aromatic nitrogens is 4. The highest BCUT2D eigenvalue weighted by Gasteiger charge is 2.18. The van der Waals surface area contributed by atoms with Crippen molar-refractivity contribution in [1.29, 1.82) is 0 Å². The van der Waals surface area contributed by atoms with Crippen molar-refractivity contribution in [2.24, 2.45) is 0 Å². The van der Waals surface area contributed by atoms with Gasteiger partial charge in [0.25, 0.3) is 0 Å². The van der Waals surface area contributed by atoms with Gasteiger partial charge in [-0.05, 0) is 174 Å². The number of unbranched alkanes of at least 4 members (excludes halogenated alkanes) is 2. The molecule has 0 aliphatic carbocycles. The second kappa shape index (κ2) is 24.7. The SMILES string of the molecule is Cc1oc2cc(Br)c(F)cc2c(=O)c1CCl.Cc1oc2cc(Br)c(F)cc2c(=O)c1CN(CCCc1cccnc1)Cc1ccncc1.c1cncc(CCCCCc2ccncc2)c1. The summed E-state index contributed by atoms with van der Waals surface area (Å²) in [5.74, 6) is 0.0924. The molecule has 0 aliphatic heterocycles. The van der Waals surface area contributed by atoms with Gasteiger partial charge in [-0.25, -0.2) is 8.78 Å². The maximum atomic E-state index is 14.1. The first-order chi connectivity index (χ1) is 31.5. The van der Waals surface area contributed by atoms with Crippen molar-refractivity contribution in [2.75, 3.05) is 6.54 Å². The Morgan fingerprint density at radius 2 is 1.05 bits per heavy atom. The normalized spacial score (nSPS) is 11.0. The van der Waals surface area contributed by atoms with E-state index in [-0.39, 0.29) is 36.5 Å². The molecule has 0 atom stereocenters. The molecule has 6 heterocycles. The summed E-state index contributed by atoms with van der Waals surface area (Å²) in [6.45, 7) is 5.31. The quantitative estimate of drug-likeness (QED) is 0.0731. The Bertz CT molecular complexity index is 2850. The Morgan fingerprint density at radius 1 is 0.569 bits per heavy atom. The molecule has 0 radical (unpaired) electrons. The number of hydrogen-bond donors (Lipinski definition) is 0. The third-order valence-corrected chi connectivity index (χ3v) is 12.2. The second-order valence-corrected chi connectivity index (χ2v) is 17.4. The lowest BCUT2D eigenvalue weighted by atomic mass is 10.1. The molecule has 0 unspecified atom stereocenters. The molecule has 14 heteroatoms. The van der Waals surface area contributed by atoms with Crippen LogP contribution in [-0.4, -0.2) is 31.4 Å². The summed E-state index contributed by atoms with van der Waals surface area (Å²) in [5, 5.41) is 0.465. The Labute approximate surface area is 398 Å². The third kappa shape index (κ3) is 14.3. The van der Waals surface area contributed by atoms with Crippen molar-refractivity contribution in [1.82, 2.24) is 24.8 Å². The average Bonchev–Trinajstić information content (AvgIpc) is 3.31. The van der Waals surface area contributed by atoms with Gasteiger partial charge in [0.2, 0.25) is 0 Å². The van der Waals surface area contributed by atoms with E-state index in [1.165, 1.54) is 54.2 Å². The number of hydrogen-bond acceptors (Lipinski definition) is 9. The van der Waals surface area contributed by atoms with E-state index < -0.39 is 11.6 Å². The van der Waals surface area contributed by atoms with Crippen LogP contribution in [-0.2, 0) is 38.2 Å². The van der Waals surface area contributed by atoms with E-state index in [9.17, 15) is 18.4 Å². The highest BCUT2D eigenvalue weighted by molar-refractivity contribution is 9.10. The standard InChI is InChI=1S/C25H23BrFN3O2.C15H18N2.C11H7BrClFO2/c1-17-21(25(31)20-12-23(27)22(26)13-24(20)32-17)16-30(15-19-6-9-28-10-7-19)11-3-5-18-4-2-8-29-14-18;1(2-5-14-8-11-16-12-9-14)3-6-15-7-4-10-17-13-15;1-5-7(4-13)11(15)6-2-9(14)8(12)3-10(6)16-5/h2,4,6-10,12-14H,3,5,11,15-16H2,1H3;4,7-13H,1-3,5-6H2;2-3H,4H2,1H3. The van der Waals surface area contributed by atoms with Gasteiger partial charge in [-0.15, -0.1) is 11.6 Å². The lowest BCUT2D eigenvalue weighted by Crippen LogP contribution is -2.28. The molecule has 0 bridgehead atoms. The van der Waals surface area contributed by atoms with Gasteiger partial charge in [-0.3, -0.25) is 34.4 Å². The second-order valence-electron chi connectivity index (χ2n) is 15.4. The van der Waals surface area contributed by atoms with Crippen molar-refractivity contribution < 1.29 is 17.6 Å². The first-order valence-electron chi connectivity index (χ1n) is 21.2. The highest BCUT2D eigenvalue weighted by atomic mass is 79.9. The average molecular weight is 1030 g/mol. The molecular weight excluding hydrogens is 980 g/mol. The van der Waals surface area contributed by atoms with Crippen LogP contribution in [0.4, 0.5) is 8.78 Å². The van der Waals surface area contributed by atoms with E-state index in [2.05, 4.69) is 81.0 Å². The molecule has 0 fully saturated rings. The number of benzene rings is 2. The van der Waals surface area contributed by atoms with Gasteiger partial charge in [0.05, 0.1) is 36.7 Å². The number of pyridine rings is 4. The summed E-state index contributed by atoms with van der Waals surface area (Å²) in [6.07, 6.45) is 22.6. The number of rotatable bonds is 15. The molecule has 0 saturated heterocycles. The lowest BCUT2D eigenvalue weighted by molar-refractivity contribution is 0.250. The van der Waals surface area contributed by atoms with E-state index >= 15 is 0 Å². The Morgan fingerprint density at radius 3 is 1.55 bits per heavy atom. The molecule has 8 rings (SSSR count). The van der Waals surface area contributed by atoms with Gasteiger partial charge in [0, 0.05) is 62.7 Å². The van der Waals surface area contributed by atoms with Gasteiger partial charge in [-0.1, -0.05) is 18.6 Å². The molecule has 6 aromatic heterocycles. The van der Waals surface area contributed by atoms with Gasteiger partial charge in [-0.2, -0.15) is 0 Å². The molecule has 0 aliphatic rings. The summed E-state index contributed by atoms with van der Waals surface area (Å²) >= 11 is 11.8. The summed E-state index contributed by atoms with van der Waals surface area (Å²) in [5.41, 5.74) is 6.20. The minimum absolute atomic E-state index is 0.0573. The zero-order valence-electron chi connectivity index (χ0n) is 36.1. The van der Waals surface area contributed by atoms with E-state index in [0.717, 1.165) is 43.9 Å². The maximum Gasteiger partial charge on any atom is 0.197 e. The fourth-order valence-corrected chi connectivity index (χ4v) is 8.14. The lowest BCUT2D eigenvalue weighted by Gasteiger charge is -2.23. The fourth-order valence-electron chi connectivity index (χ4n) is 7.18. The number of alkyl halides is 1. The minimum Gasteiger partial charge on any atom is -0.461 e. The maximum absolute atomic E-state index is 14.1. The number of aryl methyl sites for hydroxylation is 5. The predicted octanol–water partition coefficient (Wildman–Crippen LogP) is 12.6. The van der Waals surface area contributed by atoms with Crippen LogP contribution < -0.4 is 10.9 Å². The molecule has 2 aromatic carbocycles. The fraction of sp³-hybridized carbons (Fsp3) is 0.255. The van der Waals surface area contributed by atoms with Crippen LogP contribution in [0.2, 0.25) is 0 Å². The van der Waals surface area contributed by atoms with Gasteiger partial charge in [0.1, 0.15) is 34.3 Å². The van der Waals surface area contributed by atoms with Crippen molar-refractivity contribution in [3.05, 3.63) is 208 Å². The van der Waals surface area contributed by atoms with Crippen LogP contribution in [0.1, 0.15) is 70.6 Å². The van der Waals surface area contributed by atoms with Crippen molar-refractivity contribution >= 4 is 65.4 Å². The molecule has 0 amide bonds. The Kier molecular flexibility index (Phi) is 18.6. The number of halogens is 5. The molecule has 0 saturated carbocycles. The van der Waals surface area contributed by atoms with Crippen LogP contribution in [0.5, 0.6) is 0 Å². The van der Waals surface area contributed by atoms with Crippen molar-refractivity contribution in [3.63, 3.8) is 0 Å². The largest absolute Gasteiger partial charge is 0.461 e. The highest BCUT2D eigenvalue weighted by Crippen LogP contribution is 2.25. The van der Waals surface area contributed by atoms with E-state index in [4.69, 9.17) is 20.4 Å². The van der Waals surface area contributed by atoms with Crippen molar-refractivity contribution in [2.45, 2.75) is 77.8 Å². The Hall–Kier alpha value is -5.47. The number of nitrogens with zero attached hydrogens (tertiary/aromatic N) is 5. The zero-order valence-corrected chi connectivity index (χ0v) is 40.0. The van der Waals surface area contributed by atoms with Crippen molar-refractivity contribution in [3.8, 4) is 0 Å². The summed E-state index contributed by atoms with van der Waals surface area (Å²) < 4.78 is 39.2. The monoisotopic (exact) mass is 1030 g/mol. The molecule has 0 N–H and O–H groups in total. The van der Waals surface area contributed by atoms with Gasteiger partial charge < -0.3 is 8.83 Å². The molecule has 336 valence electrons. The van der Waals surface area contributed by atoms with E-state index in [0.29, 0.717) is 46.9 Å². The van der Waals surface area contributed by atoms with Crippen LogP contribution in [0.25, 0.3) is 21.9 Å². The zero-order chi connectivity index (χ0) is 46.1. The van der Waals surface area contributed by atoms with Gasteiger partial charge in [0.15, 0.2) is 10.9 Å². The third-order valence-electron chi connectivity index (χ3n) is 10.7.